The first kappa shape index (κ1) is 13.4. The first-order valence-electron chi connectivity index (χ1n) is 6.40. The third kappa shape index (κ3) is 2.07. The van der Waals surface area contributed by atoms with Gasteiger partial charge in [-0.3, -0.25) is 0 Å². The smallest absolute Gasteiger partial charge is 0.352 e. The molecular formula is C14H14ClFN2O2. The molecule has 1 fully saturated rings. The van der Waals surface area contributed by atoms with Crippen LogP contribution in [0.15, 0.2) is 12.1 Å². The van der Waals surface area contributed by atoms with Gasteiger partial charge in [-0.15, -0.1) is 0 Å². The summed E-state index contributed by atoms with van der Waals surface area (Å²) < 4.78 is 14.1. The molecule has 4 nitrogen and oxygen atoms in total. The average Bonchev–Trinajstić information content (AvgIpc) is 3.00. The van der Waals surface area contributed by atoms with Crippen LogP contribution >= 0.6 is 11.6 Å². The zero-order chi connectivity index (χ0) is 14.4. The third-order valence-electron chi connectivity index (χ3n) is 3.90. The summed E-state index contributed by atoms with van der Waals surface area (Å²) in [5.74, 6) is -1.45. The zero-order valence-electron chi connectivity index (χ0n) is 10.9. The number of benzene rings is 1. The Morgan fingerprint density at radius 3 is 2.90 bits per heavy atom. The van der Waals surface area contributed by atoms with Gasteiger partial charge in [-0.1, -0.05) is 11.6 Å². The molecule has 1 saturated heterocycles. The van der Waals surface area contributed by atoms with Gasteiger partial charge >= 0.3 is 5.97 Å². The molecule has 2 aromatic rings. The first-order chi connectivity index (χ1) is 9.47. The van der Waals surface area contributed by atoms with E-state index in [2.05, 4.69) is 9.88 Å². The van der Waals surface area contributed by atoms with Crippen molar-refractivity contribution in [1.29, 1.82) is 0 Å². The fourth-order valence-corrected chi connectivity index (χ4v) is 3.11. The van der Waals surface area contributed by atoms with E-state index in [1.54, 1.807) is 6.07 Å². The number of aromatic amines is 1. The zero-order valence-corrected chi connectivity index (χ0v) is 11.7. The summed E-state index contributed by atoms with van der Waals surface area (Å²) in [5, 5.41) is 9.69. The quantitative estimate of drug-likeness (QED) is 0.895. The summed E-state index contributed by atoms with van der Waals surface area (Å²) in [5.41, 5.74) is 1.08. The van der Waals surface area contributed by atoms with Crippen molar-refractivity contribution >= 4 is 28.5 Å². The molecule has 3 rings (SSSR count). The minimum Gasteiger partial charge on any atom is -0.477 e. The lowest BCUT2D eigenvalue weighted by Gasteiger charge is -2.13. The summed E-state index contributed by atoms with van der Waals surface area (Å²) in [6, 6.07) is 3.12. The number of rotatable bonds is 2. The van der Waals surface area contributed by atoms with Crippen LogP contribution in [0.1, 0.15) is 28.4 Å². The second kappa shape index (κ2) is 4.75. The highest BCUT2D eigenvalue weighted by Crippen LogP contribution is 2.36. The predicted octanol–water partition coefficient (Wildman–Crippen LogP) is 3.08. The number of likely N-dealkylation sites (N-methyl/N-ethyl adjacent to an activating group) is 1. The molecule has 0 bridgehead atoms. The molecule has 1 unspecified atom stereocenters. The summed E-state index contributed by atoms with van der Waals surface area (Å²) in [4.78, 5) is 15.9. The molecule has 2 N–H and O–H groups in total. The number of carboxylic acid groups (broad SMARTS) is 1. The molecule has 106 valence electrons. The Kier molecular flexibility index (Phi) is 3.18. The maximum atomic E-state index is 14.1. The number of halogens is 2. The summed E-state index contributed by atoms with van der Waals surface area (Å²) in [6.45, 7) is 1.84. The standard InChI is InChI=1S/C14H14ClFN2O2/c1-18-3-2-7(6-18)8-4-10(15)12(16)13-9(8)5-11(17-13)14(19)20/h4-5,7,17H,2-3,6H2,1H3,(H,19,20). The van der Waals surface area contributed by atoms with E-state index in [0.29, 0.717) is 5.39 Å². The number of carboxylic acids is 1. The van der Waals surface area contributed by atoms with Crippen molar-refractivity contribution in [2.45, 2.75) is 12.3 Å². The number of aromatic nitrogens is 1. The number of aromatic carboxylic acids is 1. The minimum atomic E-state index is -1.11. The van der Waals surface area contributed by atoms with Crippen LogP contribution in [0.4, 0.5) is 4.39 Å². The molecule has 20 heavy (non-hydrogen) atoms. The molecule has 1 aromatic heterocycles. The molecule has 0 radical (unpaired) electrons. The monoisotopic (exact) mass is 296 g/mol. The largest absolute Gasteiger partial charge is 0.477 e. The summed E-state index contributed by atoms with van der Waals surface area (Å²) >= 11 is 5.94. The molecular weight excluding hydrogens is 283 g/mol. The van der Waals surface area contributed by atoms with E-state index < -0.39 is 11.8 Å². The second-order valence-electron chi connectivity index (χ2n) is 5.29. The van der Waals surface area contributed by atoms with Crippen LogP contribution < -0.4 is 0 Å². The number of hydrogen-bond donors (Lipinski definition) is 2. The van der Waals surface area contributed by atoms with Crippen molar-refractivity contribution in [3.63, 3.8) is 0 Å². The molecule has 1 atom stereocenters. The van der Waals surface area contributed by atoms with Crippen molar-refractivity contribution in [2.75, 3.05) is 20.1 Å². The Balaban J connectivity index is 2.20. The second-order valence-corrected chi connectivity index (χ2v) is 5.69. The number of nitrogens with one attached hydrogen (secondary N) is 1. The average molecular weight is 297 g/mol. The highest BCUT2D eigenvalue weighted by atomic mass is 35.5. The van der Waals surface area contributed by atoms with E-state index in [9.17, 15) is 9.18 Å². The van der Waals surface area contributed by atoms with Crippen molar-refractivity contribution in [3.8, 4) is 0 Å². The lowest BCUT2D eigenvalue weighted by atomic mass is 9.95. The van der Waals surface area contributed by atoms with E-state index in [1.807, 2.05) is 7.05 Å². The third-order valence-corrected chi connectivity index (χ3v) is 4.18. The van der Waals surface area contributed by atoms with E-state index in [4.69, 9.17) is 16.7 Å². The molecule has 0 saturated carbocycles. The lowest BCUT2D eigenvalue weighted by molar-refractivity contribution is 0.0691. The van der Waals surface area contributed by atoms with Gasteiger partial charge in [0.15, 0.2) is 5.82 Å². The number of H-pyrrole nitrogens is 1. The van der Waals surface area contributed by atoms with Gasteiger partial charge in [-0.2, -0.15) is 0 Å². The van der Waals surface area contributed by atoms with Crippen LogP contribution in [0.25, 0.3) is 10.9 Å². The predicted molar refractivity (Wildman–Crippen MR) is 75.1 cm³/mol. The topological polar surface area (TPSA) is 56.3 Å². The Labute approximate surface area is 120 Å². The van der Waals surface area contributed by atoms with Crippen LogP contribution in [-0.2, 0) is 0 Å². The van der Waals surface area contributed by atoms with E-state index in [0.717, 1.165) is 25.1 Å². The number of hydrogen-bond acceptors (Lipinski definition) is 2. The Bertz CT molecular complexity index is 698. The fourth-order valence-electron chi connectivity index (χ4n) is 2.89. The lowest BCUT2D eigenvalue weighted by Crippen LogP contribution is -2.13. The summed E-state index contributed by atoms with van der Waals surface area (Å²) in [6.07, 6.45) is 0.959. The molecule has 0 aliphatic carbocycles. The van der Waals surface area contributed by atoms with E-state index in [1.165, 1.54) is 6.07 Å². The van der Waals surface area contributed by atoms with Crippen molar-refractivity contribution in [1.82, 2.24) is 9.88 Å². The number of carbonyl (C=O) groups is 1. The van der Waals surface area contributed by atoms with Crippen molar-refractivity contribution in [3.05, 3.63) is 34.2 Å². The Morgan fingerprint density at radius 2 is 2.30 bits per heavy atom. The van der Waals surface area contributed by atoms with Crippen LogP contribution in [-0.4, -0.2) is 41.1 Å². The minimum absolute atomic E-state index is 0.0197. The summed E-state index contributed by atoms with van der Waals surface area (Å²) in [7, 11) is 2.03. The van der Waals surface area contributed by atoms with Crippen molar-refractivity contribution < 1.29 is 14.3 Å². The molecule has 0 amide bonds. The number of nitrogens with zero attached hydrogens (tertiary/aromatic N) is 1. The van der Waals surface area contributed by atoms with Gasteiger partial charge in [-0.25, -0.2) is 9.18 Å². The van der Waals surface area contributed by atoms with Gasteiger partial charge in [0.05, 0.1) is 10.5 Å². The molecule has 1 aliphatic rings. The van der Waals surface area contributed by atoms with Crippen LogP contribution in [0.2, 0.25) is 5.02 Å². The van der Waals surface area contributed by atoms with Crippen LogP contribution in [0.5, 0.6) is 0 Å². The molecule has 2 heterocycles. The van der Waals surface area contributed by atoms with Gasteiger partial charge < -0.3 is 15.0 Å². The van der Waals surface area contributed by atoms with Gasteiger partial charge in [0.2, 0.25) is 0 Å². The van der Waals surface area contributed by atoms with Crippen LogP contribution in [0, 0.1) is 5.82 Å². The SMILES string of the molecule is CN1CCC(c2cc(Cl)c(F)c3[nH]c(C(=O)O)cc23)C1. The highest BCUT2D eigenvalue weighted by Gasteiger charge is 2.26. The molecule has 1 aromatic carbocycles. The van der Waals surface area contributed by atoms with E-state index in [-0.39, 0.29) is 22.2 Å². The maximum absolute atomic E-state index is 14.1. The normalized spacial score (nSPS) is 19.9. The number of likely N-dealkylation sites (tertiary alicyclic amines) is 1. The molecule has 6 heteroatoms. The molecule has 0 spiro atoms. The number of fused-ring (bicyclic) bond motifs is 1. The van der Waals surface area contributed by atoms with Gasteiger partial charge in [-0.05, 0) is 43.6 Å². The van der Waals surface area contributed by atoms with Gasteiger partial charge in [0, 0.05) is 11.9 Å². The Morgan fingerprint density at radius 1 is 1.55 bits per heavy atom. The Hall–Kier alpha value is -1.59. The van der Waals surface area contributed by atoms with Crippen LogP contribution in [0.3, 0.4) is 0 Å². The molecule has 1 aliphatic heterocycles. The maximum Gasteiger partial charge on any atom is 0.352 e. The van der Waals surface area contributed by atoms with Crippen molar-refractivity contribution in [2.24, 2.45) is 0 Å². The van der Waals surface area contributed by atoms with Gasteiger partial charge in [0.25, 0.3) is 0 Å². The van der Waals surface area contributed by atoms with Gasteiger partial charge in [0.1, 0.15) is 5.69 Å². The first-order valence-corrected chi connectivity index (χ1v) is 6.77. The fraction of sp³-hybridized carbons (Fsp3) is 0.357. The highest BCUT2D eigenvalue weighted by molar-refractivity contribution is 6.31. The van der Waals surface area contributed by atoms with E-state index >= 15 is 0 Å².